The lowest BCUT2D eigenvalue weighted by atomic mass is 9.66. The number of hydrogen-bond donors (Lipinski definition) is 0. The fourth-order valence-corrected chi connectivity index (χ4v) is 3.62. The molecule has 2 aliphatic rings. The second-order valence-electron chi connectivity index (χ2n) is 6.53. The van der Waals surface area contributed by atoms with E-state index in [-0.39, 0.29) is 5.41 Å². The van der Waals surface area contributed by atoms with E-state index in [1.165, 1.54) is 38.5 Å². The molecule has 0 unspecified atom stereocenters. The molecule has 0 spiro atoms. The van der Waals surface area contributed by atoms with Gasteiger partial charge in [0.2, 0.25) is 0 Å². The topological polar surface area (TPSA) is 23.8 Å². The van der Waals surface area contributed by atoms with Crippen LogP contribution in [0.1, 0.15) is 65.2 Å². The average Bonchev–Trinajstić information content (AvgIpc) is 2.43. The first-order chi connectivity index (χ1) is 8.63. The van der Waals surface area contributed by atoms with Crippen molar-refractivity contribution in [1.29, 1.82) is 5.26 Å². The molecule has 2 saturated carbocycles. The normalized spacial score (nSPS) is 40.2. The lowest BCUT2D eigenvalue weighted by Gasteiger charge is -2.39. The fourth-order valence-electron chi connectivity index (χ4n) is 3.62. The van der Waals surface area contributed by atoms with Crippen molar-refractivity contribution in [3.8, 4) is 6.07 Å². The Labute approximate surface area is 113 Å². The summed E-state index contributed by atoms with van der Waals surface area (Å²) in [6.07, 6.45) is 10.7. The average molecular weight is 247 g/mol. The van der Waals surface area contributed by atoms with Crippen LogP contribution in [0.5, 0.6) is 0 Å². The summed E-state index contributed by atoms with van der Waals surface area (Å²) >= 11 is 0. The predicted molar refractivity (Wildman–Crippen MR) is 78.1 cm³/mol. The maximum Gasteiger partial charge on any atom is 0.0686 e. The Balaban J connectivity index is 0.000000771. The minimum atomic E-state index is -0.00153. The summed E-state index contributed by atoms with van der Waals surface area (Å²) in [4.78, 5) is 0. The number of rotatable bonds is 1. The van der Waals surface area contributed by atoms with E-state index in [1.54, 1.807) is 0 Å². The quantitative estimate of drug-likeness (QED) is 0.574. The first-order valence-corrected chi connectivity index (χ1v) is 7.54. The number of hydrogen-bond acceptors (Lipinski definition) is 1. The van der Waals surface area contributed by atoms with Crippen LogP contribution in [0.15, 0.2) is 13.2 Å². The van der Waals surface area contributed by atoms with E-state index in [9.17, 15) is 0 Å². The molecule has 0 saturated heterocycles. The highest BCUT2D eigenvalue weighted by Gasteiger charge is 2.35. The Hall–Kier alpha value is -0.770. The molecule has 1 nitrogen and oxygen atoms in total. The Kier molecular flexibility index (Phi) is 5.93. The van der Waals surface area contributed by atoms with Crippen LogP contribution in [0, 0.1) is 34.5 Å². The summed E-state index contributed by atoms with van der Waals surface area (Å²) in [5.41, 5.74) is -0.00153. The molecule has 0 aromatic heterocycles. The number of nitriles is 1. The highest BCUT2D eigenvalue weighted by Crippen LogP contribution is 2.44. The molecular formula is C17H29N. The van der Waals surface area contributed by atoms with Gasteiger partial charge in [-0.2, -0.15) is 5.26 Å². The molecule has 0 bridgehead atoms. The molecule has 0 aliphatic heterocycles. The van der Waals surface area contributed by atoms with Gasteiger partial charge in [-0.05, 0) is 63.2 Å². The van der Waals surface area contributed by atoms with Gasteiger partial charge in [0.1, 0.15) is 0 Å². The van der Waals surface area contributed by atoms with Gasteiger partial charge in [-0.1, -0.05) is 19.8 Å². The third-order valence-electron chi connectivity index (χ3n) is 5.13. The van der Waals surface area contributed by atoms with Crippen LogP contribution in [-0.4, -0.2) is 0 Å². The van der Waals surface area contributed by atoms with Crippen LogP contribution in [0.25, 0.3) is 0 Å². The van der Waals surface area contributed by atoms with Gasteiger partial charge in [0.25, 0.3) is 0 Å². The first-order valence-electron chi connectivity index (χ1n) is 7.54. The lowest BCUT2D eigenvalue weighted by Crippen LogP contribution is -2.29. The summed E-state index contributed by atoms with van der Waals surface area (Å²) < 4.78 is 0. The van der Waals surface area contributed by atoms with Crippen LogP contribution < -0.4 is 0 Å². The van der Waals surface area contributed by atoms with Gasteiger partial charge < -0.3 is 0 Å². The minimum absolute atomic E-state index is 0.00153. The smallest absolute Gasteiger partial charge is 0.0686 e. The van der Waals surface area contributed by atoms with Crippen molar-refractivity contribution >= 4 is 0 Å². The van der Waals surface area contributed by atoms with Gasteiger partial charge in [-0.3, -0.25) is 0 Å². The zero-order valence-corrected chi connectivity index (χ0v) is 12.3. The second-order valence-corrected chi connectivity index (χ2v) is 6.53. The molecule has 18 heavy (non-hydrogen) atoms. The Morgan fingerprint density at radius 3 is 1.83 bits per heavy atom. The van der Waals surface area contributed by atoms with Crippen molar-refractivity contribution < 1.29 is 0 Å². The van der Waals surface area contributed by atoms with Gasteiger partial charge >= 0.3 is 0 Å². The zero-order valence-electron chi connectivity index (χ0n) is 12.3. The summed E-state index contributed by atoms with van der Waals surface area (Å²) in [5, 5.41) is 9.13. The minimum Gasteiger partial charge on any atom is -0.198 e. The molecule has 1 heteroatoms. The monoisotopic (exact) mass is 247 g/mol. The SMILES string of the molecule is C=C.CC1CCC(C2CCC(C)(C#N)CC2)CC1. The molecular weight excluding hydrogens is 218 g/mol. The van der Waals surface area contributed by atoms with Crippen LogP contribution in [-0.2, 0) is 0 Å². The fraction of sp³-hybridized carbons (Fsp3) is 0.824. The van der Waals surface area contributed by atoms with E-state index in [0.29, 0.717) is 0 Å². The largest absolute Gasteiger partial charge is 0.198 e. The van der Waals surface area contributed by atoms with Crippen LogP contribution in [0.2, 0.25) is 0 Å². The van der Waals surface area contributed by atoms with Crippen LogP contribution >= 0.6 is 0 Å². The molecule has 0 N–H and O–H groups in total. The van der Waals surface area contributed by atoms with Crippen LogP contribution in [0.3, 0.4) is 0 Å². The summed E-state index contributed by atoms with van der Waals surface area (Å²) in [6, 6.07) is 2.51. The molecule has 0 atom stereocenters. The maximum atomic E-state index is 9.13. The maximum absolute atomic E-state index is 9.13. The van der Waals surface area contributed by atoms with Crippen molar-refractivity contribution in [2.24, 2.45) is 23.2 Å². The predicted octanol–water partition coefficient (Wildman–Crippen LogP) is 5.33. The van der Waals surface area contributed by atoms with Gasteiger partial charge in [-0.25, -0.2) is 0 Å². The van der Waals surface area contributed by atoms with Gasteiger partial charge in [0, 0.05) is 0 Å². The van der Waals surface area contributed by atoms with Gasteiger partial charge in [0.05, 0.1) is 11.5 Å². The van der Waals surface area contributed by atoms with E-state index < -0.39 is 0 Å². The summed E-state index contributed by atoms with van der Waals surface area (Å²) in [5.74, 6) is 2.89. The van der Waals surface area contributed by atoms with Crippen molar-refractivity contribution in [1.82, 2.24) is 0 Å². The summed E-state index contributed by atoms with van der Waals surface area (Å²) in [6.45, 7) is 10.5. The molecule has 2 aliphatic carbocycles. The molecule has 2 fully saturated rings. The highest BCUT2D eigenvalue weighted by molar-refractivity contribution is 4.99. The lowest BCUT2D eigenvalue weighted by molar-refractivity contribution is 0.133. The third kappa shape index (κ3) is 3.87. The molecule has 0 aromatic rings. The van der Waals surface area contributed by atoms with Gasteiger partial charge in [0.15, 0.2) is 0 Å². The van der Waals surface area contributed by atoms with Crippen molar-refractivity contribution in [3.63, 3.8) is 0 Å². The molecule has 0 amide bonds. The number of nitrogens with zero attached hydrogens (tertiary/aromatic N) is 1. The van der Waals surface area contributed by atoms with E-state index in [2.05, 4.69) is 33.1 Å². The standard InChI is InChI=1S/C15H25N.C2H4/c1-12-3-5-13(6-4-12)14-7-9-15(2,11-16)10-8-14;1-2/h12-14H,3-10H2,1-2H3;1-2H2. The van der Waals surface area contributed by atoms with E-state index >= 15 is 0 Å². The summed E-state index contributed by atoms with van der Waals surface area (Å²) in [7, 11) is 0. The second kappa shape index (κ2) is 6.98. The Morgan fingerprint density at radius 1 is 0.944 bits per heavy atom. The zero-order chi connectivity index (χ0) is 13.6. The van der Waals surface area contributed by atoms with E-state index in [0.717, 1.165) is 30.6 Å². The van der Waals surface area contributed by atoms with E-state index in [1.807, 2.05) is 0 Å². The van der Waals surface area contributed by atoms with Crippen molar-refractivity contribution in [2.75, 3.05) is 0 Å². The van der Waals surface area contributed by atoms with Crippen molar-refractivity contribution in [2.45, 2.75) is 65.2 Å². The Morgan fingerprint density at radius 2 is 1.39 bits per heavy atom. The Bertz CT molecular complexity index is 272. The molecule has 0 radical (unpaired) electrons. The van der Waals surface area contributed by atoms with Crippen molar-refractivity contribution in [3.05, 3.63) is 13.2 Å². The molecule has 0 heterocycles. The van der Waals surface area contributed by atoms with E-state index in [4.69, 9.17) is 5.26 Å². The molecule has 2 rings (SSSR count). The van der Waals surface area contributed by atoms with Gasteiger partial charge in [-0.15, -0.1) is 13.2 Å². The highest BCUT2D eigenvalue weighted by atomic mass is 14.4. The van der Waals surface area contributed by atoms with Crippen LogP contribution in [0.4, 0.5) is 0 Å². The first kappa shape index (κ1) is 15.3. The molecule has 0 aromatic carbocycles. The molecule has 102 valence electrons. The third-order valence-corrected chi connectivity index (χ3v) is 5.13.